The fraction of sp³-hybridized carbons (Fsp3) is 0.929. The van der Waals surface area contributed by atoms with Gasteiger partial charge in [-0.25, -0.2) is 0 Å². The van der Waals surface area contributed by atoms with Crippen LogP contribution in [0.15, 0.2) is 0 Å². The van der Waals surface area contributed by atoms with E-state index < -0.39 is 5.60 Å². The molecule has 1 aliphatic rings. The molecule has 0 saturated heterocycles. The SMILES string of the molecule is CCCC(=O)C1(OC)CCC(C(C)C)CC1. The quantitative estimate of drug-likeness (QED) is 0.716. The van der Waals surface area contributed by atoms with Gasteiger partial charge in [0.1, 0.15) is 5.60 Å². The molecular formula is C14H26O2. The minimum absolute atomic E-state index is 0.319. The monoisotopic (exact) mass is 226 g/mol. The summed E-state index contributed by atoms with van der Waals surface area (Å²) in [6.07, 6.45) is 5.72. The molecule has 2 nitrogen and oxygen atoms in total. The molecule has 0 aromatic rings. The number of Topliss-reactive ketones (excluding diaryl/α,β-unsaturated/α-hetero) is 1. The Labute approximate surface area is 99.8 Å². The number of hydrogen-bond acceptors (Lipinski definition) is 2. The Hall–Kier alpha value is -0.370. The van der Waals surface area contributed by atoms with E-state index in [1.54, 1.807) is 7.11 Å². The smallest absolute Gasteiger partial charge is 0.164 e. The van der Waals surface area contributed by atoms with Gasteiger partial charge >= 0.3 is 0 Å². The molecule has 16 heavy (non-hydrogen) atoms. The molecule has 1 saturated carbocycles. The lowest BCUT2D eigenvalue weighted by atomic mass is 9.72. The molecule has 0 unspecified atom stereocenters. The van der Waals surface area contributed by atoms with Gasteiger partial charge in [0.2, 0.25) is 0 Å². The molecule has 0 atom stereocenters. The first kappa shape index (κ1) is 13.7. The Kier molecular flexibility index (Phi) is 4.97. The molecule has 1 rings (SSSR count). The van der Waals surface area contributed by atoms with Crippen LogP contribution in [0.4, 0.5) is 0 Å². The van der Waals surface area contributed by atoms with Crippen LogP contribution in [0.25, 0.3) is 0 Å². The lowest BCUT2D eigenvalue weighted by Crippen LogP contribution is -2.44. The second-order valence-electron chi connectivity index (χ2n) is 5.45. The number of ketones is 1. The third-order valence-electron chi connectivity index (χ3n) is 4.16. The van der Waals surface area contributed by atoms with Crippen molar-refractivity contribution < 1.29 is 9.53 Å². The van der Waals surface area contributed by atoms with Gasteiger partial charge in [-0.15, -0.1) is 0 Å². The number of carbonyl (C=O) groups is 1. The van der Waals surface area contributed by atoms with Crippen LogP contribution in [0.2, 0.25) is 0 Å². The van der Waals surface area contributed by atoms with Gasteiger partial charge in [0.25, 0.3) is 0 Å². The van der Waals surface area contributed by atoms with E-state index >= 15 is 0 Å². The van der Waals surface area contributed by atoms with Gasteiger partial charge < -0.3 is 4.74 Å². The average Bonchev–Trinajstić information content (AvgIpc) is 2.29. The first-order chi connectivity index (χ1) is 7.55. The topological polar surface area (TPSA) is 26.3 Å². The first-order valence-electron chi connectivity index (χ1n) is 6.64. The van der Waals surface area contributed by atoms with Crippen LogP contribution in [0.5, 0.6) is 0 Å². The molecule has 0 N–H and O–H groups in total. The zero-order valence-corrected chi connectivity index (χ0v) is 11.2. The third-order valence-corrected chi connectivity index (χ3v) is 4.16. The second-order valence-corrected chi connectivity index (χ2v) is 5.45. The van der Waals surface area contributed by atoms with Crippen LogP contribution >= 0.6 is 0 Å². The number of ether oxygens (including phenoxy) is 1. The Balaban J connectivity index is 2.61. The largest absolute Gasteiger partial charge is 0.370 e. The summed E-state index contributed by atoms with van der Waals surface area (Å²) in [5, 5.41) is 0. The van der Waals surface area contributed by atoms with Crippen molar-refractivity contribution in [3.05, 3.63) is 0 Å². The van der Waals surface area contributed by atoms with Gasteiger partial charge in [0.05, 0.1) is 0 Å². The number of hydrogen-bond donors (Lipinski definition) is 0. The van der Waals surface area contributed by atoms with E-state index in [-0.39, 0.29) is 0 Å². The molecule has 2 heteroatoms. The Morgan fingerprint density at radius 1 is 1.38 bits per heavy atom. The standard InChI is InChI=1S/C14H26O2/c1-5-6-13(15)14(16-4)9-7-12(8-10-14)11(2)3/h11-12H,5-10H2,1-4H3. The van der Waals surface area contributed by atoms with Gasteiger partial charge in [-0.3, -0.25) is 4.79 Å². The summed E-state index contributed by atoms with van der Waals surface area (Å²) in [5.74, 6) is 1.83. The van der Waals surface area contributed by atoms with Crippen LogP contribution in [-0.2, 0) is 9.53 Å². The zero-order valence-electron chi connectivity index (χ0n) is 11.2. The van der Waals surface area contributed by atoms with Crippen LogP contribution in [0.1, 0.15) is 59.3 Å². The molecule has 1 fully saturated rings. The van der Waals surface area contributed by atoms with Crippen molar-refractivity contribution in [3.63, 3.8) is 0 Å². The Morgan fingerprint density at radius 2 is 1.94 bits per heavy atom. The van der Waals surface area contributed by atoms with Crippen LogP contribution < -0.4 is 0 Å². The third kappa shape index (κ3) is 2.85. The van der Waals surface area contributed by atoms with Gasteiger partial charge in [-0.1, -0.05) is 20.8 Å². The van der Waals surface area contributed by atoms with Crippen molar-refractivity contribution in [1.29, 1.82) is 0 Å². The van der Waals surface area contributed by atoms with E-state index in [9.17, 15) is 4.79 Å². The van der Waals surface area contributed by atoms with Crippen molar-refractivity contribution in [2.45, 2.75) is 64.9 Å². The summed E-state index contributed by atoms with van der Waals surface area (Å²) in [5.41, 5.74) is -0.443. The molecule has 0 bridgehead atoms. The molecule has 0 aromatic carbocycles. The van der Waals surface area contributed by atoms with E-state index in [0.717, 1.165) is 43.9 Å². The maximum absolute atomic E-state index is 12.1. The van der Waals surface area contributed by atoms with Gasteiger partial charge in [-0.2, -0.15) is 0 Å². The molecule has 0 heterocycles. The summed E-state index contributed by atoms with van der Waals surface area (Å²) in [7, 11) is 1.70. The highest BCUT2D eigenvalue weighted by Crippen LogP contribution is 2.38. The minimum atomic E-state index is -0.443. The minimum Gasteiger partial charge on any atom is -0.370 e. The van der Waals surface area contributed by atoms with Crippen molar-refractivity contribution in [1.82, 2.24) is 0 Å². The van der Waals surface area contributed by atoms with E-state index in [2.05, 4.69) is 20.8 Å². The summed E-state index contributed by atoms with van der Waals surface area (Å²) in [6, 6.07) is 0. The fourth-order valence-electron chi connectivity index (χ4n) is 2.82. The Bertz CT molecular complexity index is 225. The van der Waals surface area contributed by atoms with Crippen LogP contribution in [0, 0.1) is 11.8 Å². The molecule has 0 aromatic heterocycles. The highest BCUT2D eigenvalue weighted by Gasteiger charge is 2.41. The normalized spacial score (nSPS) is 30.7. The zero-order chi connectivity index (χ0) is 12.2. The van der Waals surface area contributed by atoms with Crippen molar-refractivity contribution >= 4 is 5.78 Å². The highest BCUT2D eigenvalue weighted by atomic mass is 16.5. The first-order valence-corrected chi connectivity index (χ1v) is 6.64. The fourth-order valence-corrected chi connectivity index (χ4v) is 2.82. The second kappa shape index (κ2) is 5.81. The predicted molar refractivity (Wildman–Crippen MR) is 66.5 cm³/mol. The van der Waals surface area contributed by atoms with Crippen molar-refractivity contribution in [2.24, 2.45) is 11.8 Å². The molecule has 0 radical (unpaired) electrons. The van der Waals surface area contributed by atoms with Gasteiger partial charge in [0.15, 0.2) is 5.78 Å². The van der Waals surface area contributed by atoms with Gasteiger partial charge in [0, 0.05) is 13.5 Å². The lowest BCUT2D eigenvalue weighted by Gasteiger charge is -2.39. The average molecular weight is 226 g/mol. The highest BCUT2D eigenvalue weighted by molar-refractivity contribution is 5.87. The maximum Gasteiger partial charge on any atom is 0.164 e. The predicted octanol–water partition coefficient (Wildman–Crippen LogP) is 3.59. The molecule has 94 valence electrons. The summed E-state index contributed by atoms with van der Waals surface area (Å²) >= 11 is 0. The van der Waals surface area contributed by atoms with E-state index in [0.29, 0.717) is 12.2 Å². The molecule has 0 aliphatic heterocycles. The number of methoxy groups -OCH3 is 1. The van der Waals surface area contributed by atoms with Crippen molar-refractivity contribution in [2.75, 3.05) is 7.11 Å². The van der Waals surface area contributed by atoms with E-state index in [1.807, 2.05) is 0 Å². The number of rotatable bonds is 5. The van der Waals surface area contributed by atoms with Crippen LogP contribution in [-0.4, -0.2) is 18.5 Å². The summed E-state index contributed by atoms with van der Waals surface area (Å²) < 4.78 is 5.57. The molecular weight excluding hydrogens is 200 g/mol. The number of carbonyl (C=O) groups excluding carboxylic acids is 1. The van der Waals surface area contributed by atoms with E-state index in [1.165, 1.54) is 0 Å². The maximum atomic E-state index is 12.1. The molecule has 0 spiro atoms. The summed E-state index contributed by atoms with van der Waals surface area (Å²) in [4.78, 5) is 12.1. The van der Waals surface area contributed by atoms with Crippen LogP contribution in [0.3, 0.4) is 0 Å². The molecule has 0 amide bonds. The van der Waals surface area contributed by atoms with E-state index in [4.69, 9.17) is 4.74 Å². The van der Waals surface area contributed by atoms with Crippen molar-refractivity contribution in [3.8, 4) is 0 Å². The Morgan fingerprint density at radius 3 is 2.31 bits per heavy atom. The lowest BCUT2D eigenvalue weighted by molar-refractivity contribution is -0.146. The summed E-state index contributed by atoms with van der Waals surface area (Å²) in [6.45, 7) is 6.61. The van der Waals surface area contributed by atoms with Gasteiger partial charge in [-0.05, 0) is 43.9 Å². The molecule has 1 aliphatic carbocycles.